The maximum absolute atomic E-state index is 12.3. The van der Waals surface area contributed by atoms with E-state index in [-0.39, 0.29) is 12.6 Å². The van der Waals surface area contributed by atoms with Crippen molar-refractivity contribution in [2.24, 2.45) is 0 Å². The lowest BCUT2D eigenvalue weighted by Crippen LogP contribution is -2.48. The van der Waals surface area contributed by atoms with Gasteiger partial charge in [-0.3, -0.25) is 0 Å². The van der Waals surface area contributed by atoms with Gasteiger partial charge in [0.2, 0.25) is 0 Å². The predicted molar refractivity (Wildman–Crippen MR) is 74.1 cm³/mol. The van der Waals surface area contributed by atoms with Crippen LogP contribution in [0.3, 0.4) is 0 Å². The Labute approximate surface area is 117 Å². The molecule has 1 fully saturated rings. The quantitative estimate of drug-likeness (QED) is 0.916. The van der Waals surface area contributed by atoms with Crippen molar-refractivity contribution in [2.45, 2.75) is 24.8 Å². The van der Waals surface area contributed by atoms with E-state index in [1.165, 1.54) is 5.56 Å². The van der Waals surface area contributed by atoms with Crippen molar-refractivity contribution in [3.05, 3.63) is 34.9 Å². The first-order valence-electron chi connectivity index (χ1n) is 6.50. The van der Waals surface area contributed by atoms with Gasteiger partial charge in [0.05, 0.1) is 6.54 Å². The Morgan fingerprint density at radius 3 is 2.63 bits per heavy atom. The molecule has 1 heterocycles. The van der Waals surface area contributed by atoms with Crippen molar-refractivity contribution in [3.8, 4) is 0 Å². The third-order valence-electron chi connectivity index (χ3n) is 3.54. The summed E-state index contributed by atoms with van der Waals surface area (Å²) in [5, 5.41) is 3.67. The van der Waals surface area contributed by atoms with E-state index >= 15 is 0 Å². The van der Waals surface area contributed by atoms with Crippen LogP contribution in [0, 0.1) is 0 Å². The minimum Gasteiger partial charge on any atom is -0.307 e. The molecule has 0 spiro atoms. The minimum atomic E-state index is -2.29. The maximum Gasteiger partial charge on any atom is 0.250 e. The third-order valence-corrected chi connectivity index (χ3v) is 3.79. The van der Waals surface area contributed by atoms with Gasteiger partial charge in [-0.15, -0.1) is 0 Å². The molecule has 0 saturated carbocycles. The van der Waals surface area contributed by atoms with Crippen molar-refractivity contribution >= 4 is 11.6 Å². The van der Waals surface area contributed by atoms with E-state index in [1.807, 2.05) is 31.3 Å². The van der Waals surface area contributed by atoms with E-state index in [2.05, 4.69) is 10.2 Å². The number of likely N-dealkylation sites (N-methyl/N-ethyl adjacent to an activating group) is 1. The number of hydrogen-bond acceptors (Lipinski definition) is 2. The van der Waals surface area contributed by atoms with Crippen molar-refractivity contribution < 1.29 is 8.78 Å². The molecule has 0 radical (unpaired) electrons. The fourth-order valence-corrected chi connectivity index (χ4v) is 2.83. The second kappa shape index (κ2) is 6.64. The van der Waals surface area contributed by atoms with E-state index in [0.29, 0.717) is 5.92 Å². The molecule has 2 nitrogen and oxygen atoms in total. The molecule has 1 aliphatic heterocycles. The van der Waals surface area contributed by atoms with Crippen LogP contribution in [0.2, 0.25) is 5.02 Å². The van der Waals surface area contributed by atoms with Gasteiger partial charge in [0.15, 0.2) is 0 Å². The molecule has 19 heavy (non-hydrogen) atoms. The number of nitrogens with zero attached hydrogens (tertiary/aromatic N) is 1. The smallest absolute Gasteiger partial charge is 0.250 e. The standard InChI is InChI=1S/C14H19ClF2N2/c1-19-8-11(10-2-4-12(15)5-3-10)6-13(9-19)18-7-14(16)17/h2-5,11,13-14,18H,6-9H2,1H3. The summed E-state index contributed by atoms with van der Waals surface area (Å²) in [5.74, 6) is 0.367. The number of alkyl halides is 2. The molecule has 106 valence electrons. The second-order valence-corrected chi connectivity index (χ2v) is 5.64. The molecule has 1 aromatic carbocycles. The Hall–Kier alpha value is -0.710. The molecular weight excluding hydrogens is 270 g/mol. The number of likely N-dealkylation sites (tertiary alicyclic amines) is 1. The van der Waals surface area contributed by atoms with E-state index in [4.69, 9.17) is 11.6 Å². The number of benzene rings is 1. The van der Waals surface area contributed by atoms with Gasteiger partial charge in [0.25, 0.3) is 6.43 Å². The third kappa shape index (κ3) is 4.41. The number of nitrogens with one attached hydrogen (secondary N) is 1. The summed E-state index contributed by atoms with van der Waals surface area (Å²) in [5.41, 5.74) is 1.22. The van der Waals surface area contributed by atoms with Crippen LogP contribution in [-0.4, -0.2) is 44.0 Å². The van der Waals surface area contributed by atoms with E-state index in [0.717, 1.165) is 24.5 Å². The average Bonchev–Trinajstić information content (AvgIpc) is 2.36. The molecular formula is C14H19ClF2N2. The van der Waals surface area contributed by atoms with Gasteiger partial charge in [0.1, 0.15) is 0 Å². The highest BCUT2D eigenvalue weighted by molar-refractivity contribution is 6.30. The van der Waals surface area contributed by atoms with E-state index in [1.54, 1.807) is 0 Å². The van der Waals surface area contributed by atoms with Crippen LogP contribution in [-0.2, 0) is 0 Å². The summed E-state index contributed by atoms with van der Waals surface area (Å²) in [7, 11) is 2.03. The van der Waals surface area contributed by atoms with Crippen molar-refractivity contribution in [3.63, 3.8) is 0 Å². The first kappa shape index (κ1) is 14.7. The summed E-state index contributed by atoms with van der Waals surface area (Å²) < 4.78 is 24.5. The number of rotatable bonds is 4. The molecule has 0 aliphatic carbocycles. The summed E-state index contributed by atoms with van der Waals surface area (Å²) in [6.45, 7) is 1.54. The van der Waals surface area contributed by atoms with Gasteiger partial charge in [0, 0.05) is 24.2 Å². The van der Waals surface area contributed by atoms with E-state index in [9.17, 15) is 8.78 Å². The lowest BCUT2D eigenvalue weighted by atomic mass is 9.88. The first-order chi connectivity index (χ1) is 9.04. The van der Waals surface area contributed by atoms with E-state index < -0.39 is 6.43 Å². The first-order valence-corrected chi connectivity index (χ1v) is 6.88. The number of piperidine rings is 1. The molecule has 0 aromatic heterocycles. The largest absolute Gasteiger partial charge is 0.307 e. The van der Waals surface area contributed by atoms with Crippen molar-refractivity contribution in [2.75, 3.05) is 26.7 Å². The van der Waals surface area contributed by atoms with Crippen molar-refractivity contribution in [1.29, 1.82) is 0 Å². The summed E-state index contributed by atoms with van der Waals surface area (Å²) in [6.07, 6.45) is -1.40. The van der Waals surface area contributed by atoms with Crippen LogP contribution in [0.4, 0.5) is 8.78 Å². The van der Waals surface area contributed by atoms with Crippen LogP contribution in [0.5, 0.6) is 0 Å². The number of halogens is 3. The van der Waals surface area contributed by atoms with Gasteiger partial charge in [-0.1, -0.05) is 23.7 Å². The average molecular weight is 289 g/mol. The summed E-state index contributed by atoms with van der Waals surface area (Å²) in [4.78, 5) is 2.19. The molecule has 0 amide bonds. The van der Waals surface area contributed by atoms with Crippen LogP contribution in [0.1, 0.15) is 17.9 Å². The lowest BCUT2D eigenvalue weighted by Gasteiger charge is -2.36. The molecule has 5 heteroatoms. The normalized spacial score (nSPS) is 24.9. The highest BCUT2D eigenvalue weighted by Gasteiger charge is 2.26. The molecule has 1 saturated heterocycles. The molecule has 2 unspecified atom stereocenters. The fourth-order valence-electron chi connectivity index (χ4n) is 2.70. The zero-order chi connectivity index (χ0) is 13.8. The monoisotopic (exact) mass is 288 g/mol. The Bertz CT molecular complexity index is 397. The molecule has 2 atom stereocenters. The van der Waals surface area contributed by atoms with Crippen LogP contribution in [0.25, 0.3) is 0 Å². The SMILES string of the molecule is CN1CC(NCC(F)F)CC(c2ccc(Cl)cc2)C1. The second-order valence-electron chi connectivity index (χ2n) is 5.20. The van der Waals surface area contributed by atoms with Gasteiger partial charge >= 0.3 is 0 Å². The fraction of sp³-hybridized carbons (Fsp3) is 0.571. The zero-order valence-corrected chi connectivity index (χ0v) is 11.7. The number of hydrogen-bond donors (Lipinski definition) is 1. The predicted octanol–water partition coefficient (Wildman–Crippen LogP) is 2.98. The summed E-state index contributed by atoms with van der Waals surface area (Å²) >= 11 is 5.89. The highest BCUT2D eigenvalue weighted by atomic mass is 35.5. The topological polar surface area (TPSA) is 15.3 Å². The van der Waals surface area contributed by atoms with Crippen LogP contribution < -0.4 is 5.32 Å². The molecule has 2 rings (SSSR count). The molecule has 0 bridgehead atoms. The minimum absolute atomic E-state index is 0.119. The molecule has 1 aliphatic rings. The Balaban J connectivity index is 1.99. The van der Waals surface area contributed by atoms with Gasteiger partial charge in [-0.2, -0.15) is 0 Å². The molecule has 1 N–H and O–H groups in total. The van der Waals surface area contributed by atoms with Crippen LogP contribution in [0.15, 0.2) is 24.3 Å². The maximum atomic E-state index is 12.3. The zero-order valence-electron chi connectivity index (χ0n) is 11.0. The van der Waals surface area contributed by atoms with Crippen LogP contribution >= 0.6 is 11.6 Å². The van der Waals surface area contributed by atoms with Crippen molar-refractivity contribution in [1.82, 2.24) is 10.2 Å². The lowest BCUT2D eigenvalue weighted by molar-refractivity contribution is 0.127. The van der Waals surface area contributed by atoms with Gasteiger partial charge in [-0.05, 0) is 37.1 Å². The Morgan fingerprint density at radius 1 is 1.32 bits per heavy atom. The van der Waals surface area contributed by atoms with Gasteiger partial charge in [-0.25, -0.2) is 8.78 Å². The Morgan fingerprint density at radius 2 is 2.00 bits per heavy atom. The Kier molecular flexibility index (Phi) is 5.13. The summed E-state index contributed by atoms with van der Waals surface area (Å²) in [6, 6.07) is 7.93. The van der Waals surface area contributed by atoms with Gasteiger partial charge < -0.3 is 10.2 Å². The highest BCUT2D eigenvalue weighted by Crippen LogP contribution is 2.27. The molecule has 1 aromatic rings.